The number of aryl methyl sites for hydroxylation is 1. The molecule has 0 aliphatic heterocycles. The summed E-state index contributed by atoms with van der Waals surface area (Å²) in [5.41, 5.74) is 2.96. The lowest BCUT2D eigenvalue weighted by Crippen LogP contribution is -2.23. The smallest absolute Gasteiger partial charge is 0.255 e. The summed E-state index contributed by atoms with van der Waals surface area (Å²) in [6.07, 6.45) is 0. The Morgan fingerprint density at radius 3 is 2.86 bits per heavy atom. The van der Waals surface area contributed by atoms with Crippen molar-refractivity contribution in [3.05, 3.63) is 59.4 Å². The summed E-state index contributed by atoms with van der Waals surface area (Å²) in [6, 6.07) is 12.6. The van der Waals surface area contributed by atoms with E-state index in [1.165, 1.54) is 0 Å². The van der Waals surface area contributed by atoms with E-state index in [0.717, 1.165) is 16.6 Å². The monoisotopic (exact) mass is 281 g/mol. The molecular weight excluding hydrogens is 266 g/mol. The van der Waals surface area contributed by atoms with Crippen molar-refractivity contribution in [3.63, 3.8) is 0 Å². The normalized spacial score (nSPS) is 10.7. The van der Waals surface area contributed by atoms with Crippen LogP contribution in [0.2, 0.25) is 0 Å². The first kappa shape index (κ1) is 13.2. The lowest BCUT2D eigenvalue weighted by Gasteiger charge is -2.06. The largest absolute Gasteiger partial charge is 0.507 e. The third-order valence-electron chi connectivity index (χ3n) is 3.25. The number of nitrogens with one attached hydrogen (secondary N) is 2. The minimum atomic E-state index is -0.326. The van der Waals surface area contributed by atoms with Gasteiger partial charge in [-0.05, 0) is 36.8 Å². The van der Waals surface area contributed by atoms with Crippen molar-refractivity contribution in [1.29, 1.82) is 0 Å². The van der Waals surface area contributed by atoms with E-state index in [1.54, 1.807) is 18.2 Å². The lowest BCUT2D eigenvalue weighted by atomic mass is 10.1. The fourth-order valence-electron chi connectivity index (χ4n) is 2.18. The molecule has 0 aliphatic rings. The van der Waals surface area contributed by atoms with Crippen molar-refractivity contribution >= 4 is 16.9 Å². The molecule has 3 N–H and O–H groups in total. The molecule has 0 spiro atoms. The molecule has 0 atom stereocenters. The highest BCUT2D eigenvalue weighted by Crippen LogP contribution is 2.18. The maximum atomic E-state index is 12.1. The molecule has 5 nitrogen and oxygen atoms in total. The van der Waals surface area contributed by atoms with Crippen molar-refractivity contribution in [1.82, 2.24) is 15.3 Å². The Kier molecular flexibility index (Phi) is 3.31. The van der Waals surface area contributed by atoms with Gasteiger partial charge in [0.05, 0.1) is 23.1 Å². The fourth-order valence-corrected chi connectivity index (χ4v) is 2.18. The van der Waals surface area contributed by atoms with E-state index < -0.39 is 0 Å². The van der Waals surface area contributed by atoms with Gasteiger partial charge in [0.2, 0.25) is 0 Å². The molecule has 106 valence electrons. The number of carbonyl (C=O) groups is 1. The molecular formula is C16H15N3O2. The molecule has 1 aromatic heterocycles. The number of aromatic hydroxyl groups is 1. The number of carbonyl (C=O) groups excluding carboxylic acids is 1. The Morgan fingerprint density at radius 2 is 2.10 bits per heavy atom. The molecule has 0 radical (unpaired) electrons. The molecule has 1 amide bonds. The topological polar surface area (TPSA) is 78.0 Å². The number of fused-ring (bicyclic) bond motifs is 1. The van der Waals surface area contributed by atoms with Gasteiger partial charge in [0.15, 0.2) is 0 Å². The van der Waals surface area contributed by atoms with Crippen LogP contribution in [0.4, 0.5) is 0 Å². The van der Waals surface area contributed by atoms with E-state index in [1.807, 2.05) is 31.2 Å². The second-order valence-electron chi connectivity index (χ2n) is 4.90. The number of hydrogen-bond acceptors (Lipinski definition) is 3. The Morgan fingerprint density at radius 1 is 1.29 bits per heavy atom. The zero-order valence-electron chi connectivity index (χ0n) is 11.6. The molecule has 0 bridgehead atoms. The Labute approximate surface area is 121 Å². The first-order valence-corrected chi connectivity index (χ1v) is 6.65. The molecule has 0 saturated carbocycles. The van der Waals surface area contributed by atoms with Gasteiger partial charge in [-0.25, -0.2) is 4.98 Å². The van der Waals surface area contributed by atoms with Gasteiger partial charge in [-0.15, -0.1) is 0 Å². The van der Waals surface area contributed by atoms with Crippen LogP contribution in [0.1, 0.15) is 21.7 Å². The van der Waals surface area contributed by atoms with Crippen LogP contribution in [0.5, 0.6) is 5.75 Å². The predicted octanol–water partition coefficient (Wildman–Crippen LogP) is 2.51. The van der Waals surface area contributed by atoms with Crippen molar-refractivity contribution in [2.45, 2.75) is 13.5 Å². The number of hydrogen-bond donors (Lipinski definition) is 3. The molecule has 1 heterocycles. The number of rotatable bonds is 3. The minimum absolute atomic E-state index is 0.0166. The molecule has 2 aromatic carbocycles. The second-order valence-corrected chi connectivity index (χ2v) is 4.90. The van der Waals surface area contributed by atoms with Gasteiger partial charge in [-0.2, -0.15) is 0 Å². The van der Waals surface area contributed by atoms with Gasteiger partial charge in [-0.1, -0.05) is 18.2 Å². The standard InChI is InChI=1S/C16H15N3O2/c1-10-6-7-11(14(20)8-10)16(21)17-9-15-18-12-4-2-3-5-13(12)19-15/h2-8,20H,9H2,1H3,(H,17,21)(H,18,19). The molecule has 0 fully saturated rings. The molecule has 21 heavy (non-hydrogen) atoms. The quantitative estimate of drug-likeness (QED) is 0.690. The zero-order chi connectivity index (χ0) is 14.8. The van der Waals surface area contributed by atoms with E-state index >= 15 is 0 Å². The van der Waals surface area contributed by atoms with Crippen LogP contribution in [0, 0.1) is 6.92 Å². The van der Waals surface area contributed by atoms with Crippen molar-refractivity contribution in [2.24, 2.45) is 0 Å². The number of benzene rings is 2. The van der Waals surface area contributed by atoms with E-state index in [2.05, 4.69) is 15.3 Å². The number of nitrogens with zero attached hydrogens (tertiary/aromatic N) is 1. The van der Waals surface area contributed by atoms with E-state index in [0.29, 0.717) is 5.82 Å². The Hall–Kier alpha value is -2.82. The van der Waals surface area contributed by atoms with Crippen molar-refractivity contribution < 1.29 is 9.90 Å². The number of aromatic nitrogens is 2. The third-order valence-corrected chi connectivity index (χ3v) is 3.25. The molecule has 3 aromatic rings. The predicted molar refractivity (Wildman–Crippen MR) is 80.1 cm³/mol. The van der Waals surface area contributed by atoms with Gasteiger partial charge in [0, 0.05) is 0 Å². The van der Waals surface area contributed by atoms with Crippen molar-refractivity contribution in [2.75, 3.05) is 0 Å². The number of aromatic amines is 1. The van der Waals surface area contributed by atoms with Crippen LogP contribution in [-0.2, 0) is 6.54 Å². The van der Waals surface area contributed by atoms with Gasteiger partial charge in [0.25, 0.3) is 5.91 Å². The number of para-hydroxylation sites is 2. The van der Waals surface area contributed by atoms with E-state index in [9.17, 15) is 9.90 Å². The highest BCUT2D eigenvalue weighted by atomic mass is 16.3. The van der Waals surface area contributed by atoms with Gasteiger partial charge < -0.3 is 15.4 Å². The first-order valence-electron chi connectivity index (χ1n) is 6.65. The van der Waals surface area contributed by atoms with Crippen LogP contribution in [0.3, 0.4) is 0 Å². The Bertz CT molecular complexity index is 775. The number of imidazole rings is 1. The highest BCUT2D eigenvalue weighted by Gasteiger charge is 2.11. The van der Waals surface area contributed by atoms with Crippen LogP contribution < -0.4 is 5.32 Å². The van der Waals surface area contributed by atoms with E-state index in [-0.39, 0.29) is 23.8 Å². The third kappa shape index (κ3) is 2.72. The molecule has 0 aliphatic carbocycles. The van der Waals surface area contributed by atoms with Crippen LogP contribution in [-0.4, -0.2) is 21.0 Å². The summed E-state index contributed by atoms with van der Waals surface area (Å²) in [7, 11) is 0. The van der Waals surface area contributed by atoms with Crippen LogP contribution in [0.15, 0.2) is 42.5 Å². The van der Waals surface area contributed by atoms with E-state index in [4.69, 9.17) is 0 Å². The Balaban J connectivity index is 1.73. The summed E-state index contributed by atoms with van der Waals surface area (Å²) in [5.74, 6) is 0.334. The number of phenols is 1. The maximum absolute atomic E-state index is 12.1. The average Bonchev–Trinajstić information content (AvgIpc) is 2.87. The summed E-state index contributed by atoms with van der Waals surface area (Å²) in [6.45, 7) is 2.14. The SMILES string of the molecule is Cc1ccc(C(=O)NCc2nc3ccccc3[nH]2)c(O)c1. The summed E-state index contributed by atoms with van der Waals surface area (Å²) >= 11 is 0. The van der Waals surface area contributed by atoms with Crippen LogP contribution >= 0.6 is 0 Å². The second kappa shape index (κ2) is 5.28. The summed E-state index contributed by atoms with van der Waals surface area (Å²) in [5, 5.41) is 12.5. The van der Waals surface area contributed by atoms with Gasteiger partial charge >= 0.3 is 0 Å². The molecule has 0 saturated heterocycles. The maximum Gasteiger partial charge on any atom is 0.255 e. The summed E-state index contributed by atoms with van der Waals surface area (Å²) in [4.78, 5) is 19.6. The minimum Gasteiger partial charge on any atom is -0.507 e. The zero-order valence-corrected chi connectivity index (χ0v) is 11.6. The lowest BCUT2D eigenvalue weighted by molar-refractivity contribution is 0.0947. The average molecular weight is 281 g/mol. The number of H-pyrrole nitrogens is 1. The molecule has 3 rings (SSSR count). The molecule has 0 unspecified atom stereocenters. The number of amides is 1. The molecule has 5 heteroatoms. The van der Waals surface area contributed by atoms with Gasteiger partial charge in [0.1, 0.15) is 11.6 Å². The highest BCUT2D eigenvalue weighted by molar-refractivity contribution is 5.96. The van der Waals surface area contributed by atoms with Gasteiger partial charge in [-0.3, -0.25) is 4.79 Å². The summed E-state index contributed by atoms with van der Waals surface area (Å²) < 4.78 is 0. The fraction of sp³-hybridized carbons (Fsp3) is 0.125. The van der Waals surface area contributed by atoms with Crippen molar-refractivity contribution in [3.8, 4) is 5.75 Å². The van der Waals surface area contributed by atoms with Crippen LogP contribution in [0.25, 0.3) is 11.0 Å². The first-order chi connectivity index (χ1) is 10.1. The number of phenolic OH excluding ortho intramolecular Hbond substituents is 1.